The lowest BCUT2D eigenvalue weighted by Crippen LogP contribution is -2.12. The number of nitrogens with zero attached hydrogens (tertiary/aromatic N) is 1. The summed E-state index contributed by atoms with van der Waals surface area (Å²) in [4.78, 5) is 4.06. The van der Waals surface area contributed by atoms with Gasteiger partial charge in [-0.2, -0.15) is 0 Å². The van der Waals surface area contributed by atoms with E-state index < -0.39 is 10.0 Å². The van der Waals surface area contributed by atoms with Crippen LogP contribution in [0.25, 0.3) is 0 Å². The third-order valence-electron chi connectivity index (χ3n) is 2.48. The molecular weight excluding hydrogens is 262 g/mol. The maximum atomic E-state index is 12.1. The average molecular weight is 277 g/mol. The summed E-state index contributed by atoms with van der Waals surface area (Å²) in [6.45, 7) is 2.77. The van der Waals surface area contributed by atoms with Crippen LogP contribution < -0.4 is 10.0 Å². The average Bonchev–Trinajstić information content (AvgIpc) is 2.40. The van der Waals surface area contributed by atoms with Crippen LogP contribution >= 0.6 is 0 Å². The van der Waals surface area contributed by atoms with E-state index in [2.05, 4.69) is 15.0 Å². The Morgan fingerprint density at radius 3 is 2.21 bits per heavy atom. The first-order chi connectivity index (χ1) is 9.12. The quantitative estimate of drug-likeness (QED) is 0.879. The van der Waals surface area contributed by atoms with Crippen molar-refractivity contribution in [3.63, 3.8) is 0 Å². The van der Waals surface area contributed by atoms with E-state index in [1.807, 2.05) is 6.92 Å². The van der Waals surface area contributed by atoms with Crippen LogP contribution in [0.1, 0.15) is 6.92 Å². The lowest BCUT2D eigenvalue weighted by Gasteiger charge is -2.09. The highest BCUT2D eigenvalue weighted by Gasteiger charge is 2.13. The highest BCUT2D eigenvalue weighted by atomic mass is 32.2. The topological polar surface area (TPSA) is 71.1 Å². The number of hydrogen-bond acceptors (Lipinski definition) is 4. The molecule has 1 aromatic heterocycles. The summed E-state index contributed by atoms with van der Waals surface area (Å²) in [5.74, 6) is 0. The third kappa shape index (κ3) is 3.45. The van der Waals surface area contributed by atoms with E-state index in [0.717, 1.165) is 12.2 Å². The SMILES string of the molecule is CCNc1ccc(S(=O)(=O)Nc2ccncc2)cc1. The van der Waals surface area contributed by atoms with Gasteiger partial charge in [-0.25, -0.2) is 8.42 Å². The molecule has 1 heterocycles. The standard InChI is InChI=1S/C13H15N3O2S/c1-2-15-11-3-5-13(6-4-11)19(17,18)16-12-7-9-14-10-8-12/h3-10,15H,2H2,1H3,(H,14,16). The highest BCUT2D eigenvalue weighted by Crippen LogP contribution is 2.17. The molecule has 0 atom stereocenters. The van der Waals surface area contributed by atoms with E-state index in [4.69, 9.17) is 0 Å². The van der Waals surface area contributed by atoms with Crippen LogP contribution in [0.5, 0.6) is 0 Å². The third-order valence-corrected chi connectivity index (χ3v) is 3.88. The molecule has 0 aliphatic rings. The molecule has 0 unspecified atom stereocenters. The molecule has 19 heavy (non-hydrogen) atoms. The van der Waals surface area contributed by atoms with Crippen molar-refractivity contribution in [2.24, 2.45) is 0 Å². The summed E-state index contributed by atoms with van der Waals surface area (Å²) in [5, 5.41) is 3.11. The molecule has 0 radical (unpaired) electrons. The Morgan fingerprint density at radius 2 is 1.63 bits per heavy atom. The Morgan fingerprint density at radius 1 is 1.00 bits per heavy atom. The van der Waals surface area contributed by atoms with E-state index >= 15 is 0 Å². The highest BCUT2D eigenvalue weighted by molar-refractivity contribution is 7.92. The molecule has 100 valence electrons. The van der Waals surface area contributed by atoms with Crippen molar-refractivity contribution >= 4 is 21.4 Å². The zero-order valence-electron chi connectivity index (χ0n) is 10.5. The van der Waals surface area contributed by atoms with E-state index in [0.29, 0.717) is 5.69 Å². The Kier molecular flexibility index (Phi) is 4.01. The first-order valence-corrected chi connectivity index (χ1v) is 7.37. The lowest BCUT2D eigenvalue weighted by molar-refractivity contribution is 0.601. The minimum atomic E-state index is -3.55. The molecule has 2 rings (SSSR count). The Balaban J connectivity index is 2.20. The molecule has 5 nitrogen and oxygen atoms in total. The zero-order valence-corrected chi connectivity index (χ0v) is 11.3. The maximum Gasteiger partial charge on any atom is 0.261 e. The second-order valence-electron chi connectivity index (χ2n) is 3.90. The van der Waals surface area contributed by atoms with Crippen LogP contribution in [0.3, 0.4) is 0 Å². The molecule has 0 bridgehead atoms. The van der Waals surface area contributed by atoms with Crippen LogP contribution in [-0.2, 0) is 10.0 Å². The summed E-state index contributed by atoms with van der Waals surface area (Å²) < 4.78 is 26.7. The number of nitrogens with one attached hydrogen (secondary N) is 2. The van der Waals surface area contributed by atoms with Crippen LogP contribution in [0.4, 0.5) is 11.4 Å². The van der Waals surface area contributed by atoms with Gasteiger partial charge in [0.15, 0.2) is 0 Å². The second-order valence-corrected chi connectivity index (χ2v) is 5.58. The zero-order chi connectivity index (χ0) is 13.7. The summed E-state index contributed by atoms with van der Waals surface area (Å²) in [6.07, 6.45) is 3.07. The number of rotatable bonds is 5. The number of aromatic nitrogens is 1. The normalized spacial score (nSPS) is 11.0. The van der Waals surface area contributed by atoms with Crippen molar-refractivity contribution in [1.82, 2.24) is 4.98 Å². The Labute approximate surface area is 112 Å². The first-order valence-electron chi connectivity index (χ1n) is 5.88. The van der Waals surface area contributed by atoms with Crippen molar-refractivity contribution in [2.75, 3.05) is 16.6 Å². The molecule has 0 amide bonds. The predicted molar refractivity (Wildman–Crippen MR) is 75.7 cm³/mol. The van der Waals surface area contributed by atoms with Gasteiger partial charge in [0, 0.05) is 24.6 Å². The summed E-state index contributed by atoms with van der Waals surface area (Å²) in [5.41, 5.74) is 1.39. The van der Waals surface area contributed by atoms with Gasteiger partial charge < -0.3 is 5.32 Å². The van der Waals surface area contributed by atoms with E-state index in [9.17, 15) is 8.42 Å². The summed E-state index contributed by atoms with van der Waals surface area (Å²) >= 11 is 0. The predicted octanol–water partition coefficient (Wildman–Crippen LogP) is 2.31. The molecule has 0 spiro atoms. The van der Waals surface area contributed by atoms with Crippen LogP contribution in [-0.4, -0.2) is 19.9 Å². The molecule has 6 heteroatoms. The minimum absolute atomic E-state index is 0.228. The molecule has 1 aromatic carbocycles. The molecule has 2 N–H and O–H groups in total. The van der Waals surface area contributed by atoms with E-state index in [1.54, 1.807) is 36.4 Å². The molecule has 0 aliphatic heterocycles. The Bertz CT molecular complexity index is 625. The van der Waals surface area contributed by atoms with Gasteiger partial charge in [-0.05, 0) is 43.3 Å². The van der Waals surface area contributed by atoms with Gasteiger partial charge in [0.05, 0.1) is 10.6 Å². The number of pyridine rings is 1. The monoisotopic (exact) mass is 277 g/mol. The van der Waals surface area contributed by atoms with Gasteiger partial charge in [0.25, 0.3) is 10.0 Å². The smallest absolute Gasteiger partial charge is 0.261 e. The first kappa shape index (κ1) is 13.4. The second kappa shape index (κ2) is 5.71. The number of anilines is 2. The van der Waals surface area contributed by atoms with Gasteiger partial charge in [0.1, 0.15) is 0 Å². The van der Waals surface area contributed by atoms with Crippen LogP contribution in [0.15, 0.2) is 53.7 Å². The Hall–Kier alpha value is -2.08. The van der Waals surface area contributed by atoms with Gasteiger partial charge in [-0.3, -0.25) is 9.71 Å². The van der Waals surface area contributed by atoms with Crippen LogP contribution in [0.2, 0.25) is 0 Å². The summed E-state index contributed by atoms with van der Waals surface area (Å²) in [6, 6.07) is 9.83. The van der Waals surface area contributed by atoms with Crippen molar-refractivity contribution in [1.29, 1.82) is 0 Å². The fourth-order valence-corrected chi connectivity index (χ4v) is 2.65. The maximum absolute atomic E-state index is 12.1. The largest absolute Gasteiger partial charge is 0.385 e. The van der Waals surface area contributed by atoms with Crippen molar-refractivity contribution in [3.8, 4) is 0 Å². The van der Waals surface area contributed by atoms with Crippen molar-refractivity contribution in [2.45, 2.75) is 11.8 Å². The van der Waals surface area contributed by atoms with Crippen molar-refractivity contribution in [3.05, 3.63) is 48.8 Å². The number of sulfonamides is 1. The number of benzene rings is 1. The lowest BCUT2D eigenvalue weighted by atomic mass is 10.3. The van der Waals surface area contributed by atoms with Crippen molar-refractivity contribution < 1.29 is 8.42 Å². The molecule has 0 aliphatic carbocycles. The summed E-state index contributed by atoms with van der Waals surface area (Å²) in [7, 11) is -3.55. The number of hydrogen-bond donors (Lipinski definition) is 2. The van der Waals surface area contributed by atoms with Crippen LogP contribution in [0, 0.1) is 0 Å². The molecular formula is C13H15N3O2S. The fourth-order valence-electron chi connectivity index (χ4n) is 1.59. The van der Waals surface area contributed by atoms with Gasteiger partial charge >= 0.3 is 0 Å². The fraction of sp³-hybridized carbons (Fsp3) is 0.154. The van der Waals surface area contributed by atoms with Gasteiger partial charge in [-0.15, -0.1) is 0 Å². The van der Waals surface area contributed by atoms with E-state index in [1.165, 1.54) is 12.4 Å². The molecule has 0 saturated heterocycles. The van der Waals surface area contributed by atoms with Gasteiger partial charge in [0.2, 0.25) is 0 Å². The minimum Gasteiger partial charge on any atom is -0.385 e. The van der Waals surface area contributed by atoms with E-state index in [-0.39, 0.29) is 4.90 Å². The molecule has 2 aromatic rings. The molecule has 0 saturated carbocycles. The molecule has 0 fully saturated rings. The van der Waals surface area contributed by atoms with Gasteiger partial charge in [-0.1, -0.05) is 0 Å².